The van der Waals surface area contributed by atoms with Crippen LogP contribution in [0.3, 0.4) is 0 Å². The van der Waals surface area contributed by atoms with E-state index in [2.05, 4.69) is 38.3 Å². The predicted molar refractivity (Wildman–Crippen MR) is 64.9 cm³/mol. The van der Waals surface area contributed by atoms with Gasteiger partial charge in [-0.15, -0.1) is 0 Å². The number of rotatable bonds is 4. The fourth-order valence-corrected chi connectivity index (χ4v) is 1.45. The fraction of sp³-hybridized carbons (Fsp3) is 0.750. The Labute approximate surface area is 93.3 Å². The van der Waals surface area contributed by atoms with E-state index in [4.69, 9.17) is 0 Å². The van der Waals surface area contributed by atoms with Crippen LogP contribution in [0.1, 0.15) is 41.5 Å². The third kappa shape index (κ3) is 6.15. The molecule has 0 aliphatic heterocycles. The Kier molecular flexibility index (Phi) is 6.06. The number of hydrogen-bond acceptors (Lipinski definition) is 1. The highest BCUT2D eigenvalue weighted by atomic mass is 16.2. The van der Waals surface area contributed by atoms with E-state index in [9.17, 15) is 4.79 Å². The van der Waals surface area contributed by atoms with Gasteiger partial charge in [0.05, 0.1) is 0 Å². The second kappa shape index (κ2) is 6.49. The highest BCUT2D eigenvalue weighted by Gasteiger charge is 2.07. The molecule has 2 amide bonds. The van der Waals surface area contributed by atoms with Gasteiger partial charge in [-0.3, -0.25) is 0 Å². The minimum Gasteiger partial charge on any atom is -0.336 e. The van der Waals surface area contributed by atoms with Crippen LogP contribution in [0.15, 0.2) is 11.1 Å². The van der Waals surface area contributed by atoms with Crippen LogP contribution in [0.25, 0.3) is 0 Å². The number of nitrogens with one attached hydrogen (secondary N) is 2. The molecule has 0 heterocycles. The Balaban J connectivity index is 4.14. The van der Waals surface area contributed by atoms with Gasteiger partial charge in [0.2, 0.25) is 0 Å². The average molecular weight is 212 g/mol. The number of urea groups is 1. The molecule has 3 nitrogen and oxygen atoms in total. The van der Waals surface area contributed by atoms with Gasteiger partial charge in [-0.2, -0.15) is 0 Å². The van der Waals surface area contributed by atoms with Crippen LogP contribution in [-0.4, -0.2) is 18.6 Å². The zero-order chi connectivity index (χ0) is 12.0. The molecule has 0 aliphatic carbocycles. The summed E-state index contributed by atoms with van der Waals surface area (Å²) in [5, 5.41) is 5.67. The second-order valence-electron chi connectivity index (χ2n) is 4.66. The molecular formula is C12H24N2O. The molecule has 0 spiro atoms. The van der Waals surface area contributed by atoms with E-state index in [1.54, 1.807) is 0 Å². The third-order valence-corrected chi connectivity index (χ3v) is 2.20. The van der Waals surface area contributed by atoms with Gasteiger partial charge in [-0.05, 0) is 39.2 Å². The number of carbonyl (C=O) groups excluding carboxylic acids is 1. The zero-order valence-corrected chi connectivity index (χ0v) is 10.8. The lowest BCUT2D eigenvalue weighted by molar-refractivity contribution is 0.239. The molecule has 0 radical (unpaired) electrons. The second-order valence-corrected chi connectivity index (χ2v) is 4.66. The molecule has 0 bridgehead atoms. The molecule has 0 fully saturated rings. The standard InChI is InChI=1S/C12H24N2O/c1-8(2)11(9(3)4)7-13-12(15)14-10(5)6/h8,10H,7H2,1-6H3,(H2,13,14,15). The Morgan fingerprint density at radius 1 is 1.13 bits per heavy atom. The largest absolute Gasteiger partial charge is 0.336 e. The first-order valence-electron chi connectivity index (χ1n) is 5.55. The fourth-order valence-electron chi connectivity index (χ4n) is 1.45. The molecule has 0 aromatic rings. The SMILES string of the molecule is CC(C)=C(CNC(=O)NC(C)C)C(C)C. The maximum atomic E-state index is 11.4. The summed E-state index contributed by atoms with van der Waals surface area (Å²) in [6.45, 7) is 13.0. The molecular weight excluding hydrogens is 188 g/mol. The molecule has 3 heteroatoms. The number of amides is 2. The molecule has 0 rings (SSSR count). The summed E-state index contributed by atoms with van der Waals surface area (Å²) in [5.41, 5.74) is 2.59. The van der Waals surface area contributed by atoms with E-state index in [0.29, 0.717) is 12.5 Å². The maximum Gasteiger partial charge on any atom is 0.315 e. The summed E-state index contributed by atoms with van der Waals surface area (Å²) in [4.78, 5) is 11.4. The van der Waals surface area contributed by atoms with Crippen LogP contribution in [-0.2, 0) is 0 Å². The number of allylic oxidation sites excluding steroid dienone is 1. The topological polar surface area (TPSA) is 41.1 Å². The Hall–Kier alpha value is -0.990. The van der Waals surface area contributed by atoms with Gasteiger partial charge in [-0.1, -0.05) is 19.4 Å². The average Bonchev–Trinajstić information content (AvgIpc) is 2.00. The molecule has 88 valence electrons. The molecule has 0 aromatic carbocycles. The molecule has 0 saturated heterocycles. The van der Waals surface area contributed by atoms with Gasteiger partial charge in [0.25, 0.3) is 0 Å². The van der Waals surface area contributed by atoms with Gasteiger partial charge < -0.3 is 10.6 Å². The molecule has 0 saturated carbocycles. The van der Waals surface area contributed by atoms with E-state index in [0.717, 1.165) is 0 Å². The summed E-state index contributed by atoms with van der Waals surface area (Å²) in [5.74, 6) is 0.481. The first kappa shape index (κ1) is 14.0. The van der Waals surface area contributed by atoms with E-state index >= 15 is 0 Å². The summed E-state index contributed by atoms with van der Waals surface area (Å²) >= 11 is 0. The summed E-state index contributed by atoms with van der Waals surface area (Å²) in [7, 11) is 0. The first-order chi connectivity index (χ1) is 6.84. The monoisotopic (exact) mass is 212 g/mol. The van der Waals surface area contributed by atoms with Crippen molar-refractivity contribution in [1.82, 2.24) is 10.6 Å². The van der Waals surface area contributed by atoms with Crippen molar-refractivity contribution in [3.63, 3.8) is 0 Å². The van der Waals surface area contributed by atoms with Crippen molar-refractivity contribution < 1.29 is 4.79 Å². The Morgan fingerprint density at radius 2 is 1.67 bits per heavy atom. The maximum absolute atomic E-state index is 11.4. The number of carbonyl (C=O) groups is 1. The Bertz CT molecular complexity index is 238. The van der Waals surface area contributed by atoms with Crippen LogP contribution >= 0.6 is 0 Å². The van der Waals surface area contributed by atoms with E-state index in [1.807, 2.05) is 13.8 Å². The van der Waals surface area contributed by atoms with Gasteiger partial charge >= 0.3 is 6.03 Å². The lowest BCUT2D eigenvalue weighted by Gasteiger charge is -2.16. The minimum absolute atomic E-state index is 0.0931. The minimum atomic E-state index is -0.0931. The predicted octanol–water partition coefficient (Wildman–Crippen LogP) is 2.69. The molecule has 0 unspecified atom stereocenters. The van der Waals surface area contributed by atoms with Crippen molar-refractivity contribution in [1.29, 1.82) is 0 Å². The lowest BCUT2D eigenvalue weighted by Crippen LogP contribution is -2.40. The van der Waals surface area contributed by atoms with Crippen molar-refractivity contribution >= 4 is 6.03 Å². The molecule has 15 heavy (non-hydrogen) atoms. The van der Waals surface area contributed by atoms with Crippen molar-refractivity contribution in [3.8, 4) is 0 Å². The molecule has 0 atom stereocenters. The highest BCUT2D eigenvalue weighted by Crippen LogP contribution is 2.12. The summed E-state index contributed by atoms with van der Waals surface area (Å²) in [6.07, 6.45) is 0. The smallest absolute Gasteiger partial charge is 0.315 e. The van der Waals surface area contributed by atoms with E-state index < -0.39 is 0 Å². The van der Waals surface area contributed by atoms with Crippen LogP contribution < -0.4 is 10.6 Å². The molecule has 0 aliphatic rings. The molecule has 2 N–H and O–H groups in total. The van der Waals surface area contributed by atoms with Crippen molar-refractivity contribution in [2.24, 2.45) is 5.92 Å². The van der Waals surface area contributed by atoms with Crippen molar-refractivity contribution in [2.45, 2.75) is 47.6 Å². The van der Waals surface area contributed by atoms with Crippen LogP contribution in [0, 0.1) is 5.92 Å². The third-order valence-electron chi connectivity index (χ3n) is 2.20. The normalized spacial score (nSPS) is 10.4. The Morgan fingerprint density at radius 3 is 2.00 bits per heavy atom. The van der Waals surface area contributed by atoms with Crippen LogP contribution in [0.4, 0.5) is 4.79 Å². The summed E-state index contributed by atoms with van der Waals surface area (Å²) < 4.78 is 0. The van der Waals surface area contributed by atoms with E-state index in [-0.39, 0.29) is 12.1 Å². The first-order valence-corrected chi connectivity index (χ1v) is 5.55. The zero-order valence-electron chi connectivity index (χ0n) is 10.8. The van der Waals surface area contributed by atoms with E-state index in [1.165, 1.54) is 11.1 Å². The highest BCUT2D eigenvalue weighted by molar-refractivity contribution is 5.74. The van der Waals surface area contributed by atoms with Gasteiger partial charge in [0.1, 0.15) is 0 Å². The van der Waals surface area contributed by atoms with Crippen molar-refractivity contribution in [2.75, 3.05) is 6.54 Å². The lowest BCUT2D eigenvalue weighted by atomic mass is 9.99. The van der Waals surface area contributed by atoms with Crippen LogP contribution in [0.2, 0.25) is 0 Å². The van der Waals surface area contributed by atoms with Crippen molar-refractivity contribution in [3.05, 3.63) is 11.1 Å². The molecule has 0 aromatic heterocycles. The van der Waals surface area contributed by atoms with Gasteiger partial charge in [0, 0.05) is 12.6 Å². The van der Waals surface area contributed by atoms with Crippen LogP contribution in [0.5, 0.6) is 0 Å². The van der Waals surface area contributed by atoms with Gasteiger partial charge in [0.15, 0.2) is 0 Å². The quantitative estimate of drug-likeness (QED) is 0.691. The summed E-state index contributed by atoms with van der Waals surface area (Å²) in [6, 6.07) is 0.0867. The number of hydrogen-bond donors (Lipinski definition) is 2. The van der Waals surface area contributed by atoms with Gasteiger partial charge in [-0.25, -0.2) is 4.79 Å².